The van der Waals surface area contributed by atoms with Gasteiger partial charge in [-0.2, -0.15) is 0 Å². The van der Waals surface area contributed by atoms with E-state index in [1.807, 2.05) is 24.3 Å². The van der Waals surface area contributed by atoms with Crippen LogP contribution in [0.15, 0.2) is 36.4 Å². The van der Waals surface area contributed by atoms with Gasteiger partial charge in [0.05, 0.1) is 10.7 Å². The molecule has 1 fully saturated rings. The molecule has 2 aromatic rings. The highest BCUT2D eigenvalue weighted by molar-refractivity contribution is 7.18. The molecule has 0 bridgehead atoms. The van der Waals surface area contributed by atoms with Crippen molar-refractivity contribution >= 4 is 27.9 Å². The summed E-state index contributed by atoms with van der Waals surface area (Å²) in [6, 6.07) is 12.5. The Labute approximate surface area is 128 Å². The van der Waals surface area contributed by atoms with Crippen molar-refractivity contribution in [2.75, 3.05) is 17.6 Å². The van der Waals surface area contributed by atoms with E-state index in [0.717, 1.165) is 30.8 Å². The molecule has 1 aliphatic rings. The monoisotopic (exact) mass is 301 g/mol. The lowest BCUT2D eigenvalue weighted by molar-refractivity contribution is 0.0956. The van der Waals surface area contributed by atoms with E-state index in [9.17, 15) is 4.79 Å². The Kier molecular flexibility index (Phi) is 4.10. The van der Waals surface area contributed by atoms with Gasteiger partial charge in [0.1, 0.15) is 4.88 Å². The zero-order chi connectivity index (χ0) is 14.7. The molecule has 0 aliphatic heterocycles. The first-order valence-electron chi connectivity index (χ1n) is 7.20. The molecule has 0 unspecified atom stereocenters. The maximum atomic E-state index is 12.0. The Morgan fingerprint density at radius 3 is 2.76 bits per heavy atom. The number of benzene rings is 1. The number of nitrogen functional groups attached to an aromatic ring is 1. The number of carbonyl (C=O) groups is 1. The lowest BCUT2D eigenvalue weighted by Gasteiger charge is -2.03. The predicted octanol–water partition coefficient (Wildman–Crippen LogP) is 2.88. The molecule has 4 N–H and O–H groups in total. The van der Waals surface area contributed by atoms with Crippen LogP contribution in [-0.2, 0) is 6.42 Å². The van der Waals surface area contributed by atoms with Gasteiger partial charge in [0.25, 0.3) is 5.91 Å². The van der Waals surface area contributed by atoms with E-state index in [4.69, 9.17) is 5.73 Å². The van der Waals surface area contributed by atoms with Crippen molar-refractivity contribution in [1.82, 2.24) is 5.32 Å². The van der Waals surface area contributed by atoms with Crippen molar-refractivity contribution in [2.45, 2.75) is 25.3 Å². The molecule has 4 nitrogen and oxygen atoms in total. The van der Waals surface area contributed by atoms with Gasteiger partial charge in [0.15, 0.2) is 0 Å². The summed E-state index contributed by atoms with van der Waals surface area (Å²) < 4.78 is 0. The van der Waals surface area contributed by atoms with Gasteiger partial charge in [-0.1, -0.05) is 30.3 Å². The second-order valence-corrected chi connectivity index (χ2v) is 6.36. The standard InChI is InChI=1S/C16H19N3OS/c17-13-10-14(18-9-8-11-4-2-1-3-5-11)21-15(13)16(20)19-12-6-7-12/h1-5,10,12,18H,6-9,17H2,(H,19,20). The van der Waals surface area contributed by atoms with Crippen LogP contribution in [0.2, 0.25) is 0 Å². The summed E-state index contributed by atoms with van der Waals surface area (Å²) in [5.74, 6) is -0.0453. The molecule has 0 saturated heterocycles. The Morgan fingerprint density at radius 1 is 1.29 bits per heavy atom. The average molecular weight is 301 g/mol. The first kappa shape index (κ1) is 13.9. The lowest BCUT2D eigenvalue weighted by atomic mass is 10.1. The van der Waals surface area contributed by atoms with Crippen LogP contribution < -0.4 is 16.4 Å². The first-order valence-corrected chi connectivity index (χ1v) is 8.02. The van der Waals surface area contributed by atoms with Crippen LogP contribution in [-0.4, -0.2) is 18.5 Å². The second-order valence-electron chi connectivity index (χ2n) is 5.31. The third kappa shape index (κ3) is 3.76. The van der Waals surface area contributed by atoms with E-state index in [-0.39, 0.29) is 5.91 Å². The Bertz CT molecular complexity index is 620. The zero-order valence-corrected chi connectivity index (χ0v) is 12.6. The number of anilines is 2. The largest absolute Gasteiger partial charge is 0.397 e. The topological polar surface area (TPSA) is 67.1 Å². The van der Waals surface area contributed by atoms with E-state index in [2.05, 4.69) is 22.8 Å². The summed E-state index contributed by atoms with van der Waals surface area (Å²) >= 11 is 1.42. The van der Waals surface area contributed by atoms with Gasteiger partial charge < -0.3 is 16.4 Å². The number of amides is 1. The van der Waals surface area contributed by atoms with Crippen molar-refractivity contribution < 1.29 is 4.79 Å². The van der Waals surface area contributed by atoms with E-state index in [1.54, 1.807) is 0 Å². The van der Waals surface area contributed by atoms with E-state index in [0.29, 0.717) is 16.6 Å². The summed E-state index contributed by atoms with van der Waals surface area (Å²) in [5, 5.41) is 7.26. The number of nitrogens with two attached hydrogens (primary N) is 1. The molecule has 21 heavy (non-hydrogen) atoms. The number of hydrogen-bond acceptors (Lipinski definition) is 4. The Balaban J connectivity index is 1.55. The number of rotatable bonds is 6. The SMILES string of the molecule is Nc1cc(NCCc2ccccc2)sc1C(=O)NC1CC1. The van der Waals surface area contributed by atoms with Crippen LogP contribution in [0, 0.1) is 0 Å². The molecule has 5 heteroatoms. The molecule has 0 radical (unpaired) electrons. The summed E-state index contributed by atoms with van der Waals surface area (Å²) in [6.45, 7) is 0.827. The molecule has 1 aliphatic carbocycles. The average Bonchev–Trinajstić information content (AvgIpc) is 3.21. The molecule has 1 heterocycles. The summed E-state index contributed by atoms with van der Waals surface area (Å²) in [4.78, 5) is 12.6. The summed E-state index contributed by atoms with van der Waals surface area (Å²) in [6.07, 6.45) is 3.11. The summed E-state index contributed by atoms with van der Waals surface area (Å²) in [5.41, 5.74) is 7.78. The molecule has 110 valence electrons. The molecular formula is C16H19N3OS. The fourth-order valence-corrected chi connectivity index (χ4v) is 3.03. The van der Waals surface area contributed by atoms with E-state index >= 15 is 0 Å². The molecule has 3 rings (SSSR count). The normalized spacial score (nSPS) is 13.9. The third-order valence-corrected chi connectivity index (χ3v) is 4.54. The van der Waals surface area contributed by atoms with Crippen LogP contribution in [0.25, 0.3) is 0 Å². The highest BCUT2D eigenvalue weighted by Crippen LogP contribution is 2.30. The van der Waals surface area contributed by atoms with Gasteiger partial charge in [0, 0.05) is 12.6 Å². The van der Waals surface area contributed by atoms with Crippen LogP contribution in [0.1, 0.15) is 28.1 Å². The minimum absolute atomic E-state index is 0.0453. The van der Waals surface area contributed by atoms with Crippen LogP contribution >= 0.6 is 11.3 Å². The number of hydrogen-bond donors (Lipinski definition) is 3. The van der Waals surface area contributed by atoms with Crippen molar-refractivity contribution in [3.8, 4) is 0 Å². The third-order valence-electron chi connectivity index (χ3n) is 3.44. The van der Waals surface area contributed by atoms with Crippen molar-refractivity contribution in [1.29, 1.82) is 0 Å². The van der Waals surface area contributed by atoms with Gasteiger partial charge in [-0.25, -0.2) is 0 Å². The molecule has 0 atom stereocenters. The smallest absolute Gasteiger partial charge is 0.263 e. The molecular weight excluding hydrogens is 282 g/mol. The van der Waals surface area contributed by atoms with E-state index < -0.39 is 0 Å². The fourth-order valence-electron chi connectivity index (χ4n) is 2.12. The molecule has 0 spiro atoms. The Morgan fingerprint density at radius 2 is 2.05 bits per heavy atom. The number of carbonyl (C=O) groups excluding carboxylic acids is 1. The quantitative estimate of drug-likeness (QED) is 0.768. The number of thiophene rings is 1. The predicted molar refractivity (Wildman–Crippen MR) is 87.9 cm³/mol. The number of nitrogens with one attached hydrogen (secondary N) is 2. The Hall–Kier alpha value is -2.01. The van der Waals surface area contributed by atoms with Gasteiger partial charge >= 0.3 is 0 Å². The second kappa shape index (κ2) is 6.18. The zero-order valence-electron chi connectivity index (χ0n) is 11.8. The van der Waals surface area contributed by atoms with E-state index in [1.165, 1.54) is 16.9 Å². The highest BCUT2D eigenvalue weighted by Gasteiger charge is 2.25. The van der Waals surface area contributed by atoms with Crippen molar-refractivity contribution in [3.63, 3.8) is 0 Å². The molecule has 1 amide bonds. The van der Waals surface area contributed by atoms with Crippen molar-refractivity contribution in [2.24, 2.45) is 0 Å². The maximum absolute atomic E-state index is 12.0. The molecule has 1 saturated carbocycles. The minimum atomic E-state index is -0.0453. The summed E-state index contributed by atoms with van der Waals surface area (Å²) in [7, 11) is 0. The highest BCUT2D eigenvalue weighted by atomic mass is 32.1. The van der Waals surface area contributed by atoms with Gasteiger partial charge in [-0.05, 0) is 30.9 Å². The molecule has 1 aromatic heterocycles. The van der Waals surface area contributed by atoms with Gasteiger partial charge in [-0.15, -0.1) is 11.3 Å². The van der Waals surface area contributed by atoms with Gasteiger partial charge in [0.2, 0.25) is 0 Å². The van der Waals surface area contributed by atoms with Crippen LogP contribution in [0.3, 0.4) is 0 Å². The van der Waals surface area contributed by atoms with Crippen LogP contribution in [0.5, 0.6) is 0 Å². The fraction of sp³-hybridized carbons (Fsp3) is 0.312. The molecule has 1 aromatic carbocycles. The first-order chi connectivity index (χ1) is 10.2. The minimum Gasteiger partial charge on any atom is -0.397 e. The van der Waals surface area contributed by atoms with Crippen LogP contribution in [0.4, 0.5) is 10.7 Å². The lowest BCUT2D eigenvalue weighted by Crippen LogP contribution is -2.25. The maximum Gasteiger partial charge on any atom is 0.263 e. The van der Waals surface area contributed by atoms with Gasteiger partial charge in [-0.3, -0.25) is 4.79 Å². The van der Waals surface area contributed by atoms with Crippen molar-refractivity contribution in [3.05, 3.63) is 46.8 Å².